The Bertz CT molecular complexity index is 1510. The van der Waals surface area contributed by atoms with Gasteiger partial charge in [-0.25, -0.2) is 4.98 Å². The molecule has 1 aromatic heterocycles. The average molecular weight is 530 g/mol. The van der Waals surface area contributed by atoms with Crippen molar-refractivity contribution in [1.29, 1.82) is 0 Å². The van der Waals surface area contributed by atoms with Crippen LogP contribution in [0.3, 0.4) is 0 Å². The topological polar surface area (TPSA) is 90.6 Å². The van der Waals surface area contributed by atoms with E-state index in [9.17, 15) is 9.59 Å². The number of carbonyl (C=O) groups is 2. The molecular weight excluding hydrogens is 502 g/mol. The molecule has 194 valence electrons. The van der Waals surface area contributed by atoms with Gasteiger partial charge in [0.2, 0.25) is 5.91 Å². The number of fused-ring (bicyclic) bond motifs is 2. The molecule has 4 aromatic rings. The maximum Gasteiger partial charge on any atom is 0.245 e. The molecule has 2 aliphatic heterocycles. The van der Waals surface area contributed by atoms with Crippen molar-refractivity contribution < 1.29 is 14.3 Å². The minimum absolute atomic E-state index is 0.168. The first-order chi connectivity index (χ1) is 18.4. The van der Waals surface area contributed by atoms with E-state index in [4.69, 9.17) is 21.3 Å². The Hall–Kier alpha value is -3.88. The number of nitrogens with one attached hydrogen (secondary N) is 2. The van der Waals surface area contributed by atoms with E-state index in [1.165, 1.54) is 0 Å². The largest absolute Gasteiger partial charge is 0.497 e. The molecule has 0 radical (unpaired) electrons. The first kappa shape index (κ1) is 24.5. The molecule has 6 rings (SSSR count). The molecular formula is C29H28ClN5O3. The van der Waals surface area contributed by atoms with Gasteiger partial charge < -0.3 is 24.8 Å². The third kappa shape index (κ3) is 3.92. The maximum absolute atomic E-state index is 14.4. The van der Waals surface area contributed by atoms with Gasteiger partial charge >= 0.3 is 0 Å². The van der Waals surface area contributed by atoms with E-state index in [1.807, 2.05) is 30.3 Å². The number of benzene rings is 3. The van der Waals surface area contributed by atoms with Crippen LogP contribution < -0.4 is 19.9 Å². The predicted molar refractivity (Wildman–Crippen MR) is 148 cm³/mol. The van der Waals surface area contributed by atoms with Crippen LogP contribution in [0.25, 0.3) is 11.0 Å². The number of piperazine rings is 1. The van der Waals surface area contributed by atoms with Gasteiger partial charge in [-0.2, -0.15) is 0 Å². The Morgan fingerprint density at radius 1 is 1.03 bits per heavy atom. The van der Waals surface area contributed by atoms with Gasteiger partial charge in [0, 0.05) is 31.2 Å². The fourth-order valence-corrected chi connectivity index (χ4v) is 5.68. The summed E-state index contributed by atoms with van der Waals surface area (Å²) in [6.45, 7) is 4.94. The zero-order chi connectivity index (χ0) is 26.4. The van der Waals surface area contributed by atoms with E-state index in [1.54, 1.807) is 49.3 Å². The number of aromatic nitrogens is 2. The van der Waals surface area contributed by atoms with Gasteiger partial charge in [0.25, 0.3) is 0 Å². The number of hydrogen-bond donors (Lipinski definition) is 2. The van der Waals surface area contributed by atoms with Crippen LogP contribution in [0.4, 0.5) is 11.4 Å². The SMILES string of the molecule is COc1ccc(C2(C)C(=O)c3c(N4CCNCC4)cc(Cl)cc3N(Cc3nc4ccccc4[nH]3)C2=O)cc1. The fraction of sp³-hybridized carbons (Fsp3) is 0.276. The zero-order valence-corrected chi connectivity index (χ0v) is 22.0. The minimum atomic E-state index is -1.44. The van der Waals surface area contributed by atoms with Crippen molar-refractivity contribution in [2.75, 3.05) is 43.1 Å². The van der Waals surface area contributed by atoms with Crippen molar-refractivity contribution in [3.63, 3.8) is 0 Å². The molecule has 1 atom stereocenters. The summed E-state index contributed by atoms with van der Waals surface area (Å²) in [7, 11) is 1.59. The molecule has 2 aliphatic rings. The lowest BCUT2D eigenvalue weighted by atomic mass is 9.71. The van der Waals surface area contributed by atoms with Crippen LogP contribution in [-0.2, 0) is 16.8 Å². The van der Waals surface area contributed by atoms with Crippen LogP contribution in [0.2, 0.25) is 5.02 Å². The number of hydrogen-bond acceptors (Lipinski definition) is 6. The third-order valence-corrected chi connectivity index (χ3v) is 7.80. The number of para-hydroxylation sites is 2. The first-order valence-corrected chi connectivity index (χ1v) is 13.0. The van der Waals surface area contributed by atoms with Gasteiger partial charge in [-0.1, -0.05) is 35.9 Å². The van der Waals surface area contributed by atoms with Crippen LogP contribution in [0.5, 0.6) is 5.75 Å². The van der Waals surface area contributed by atoms with Crippen molar-refractivity contribution in [1.82, 2.24) is 15.3 Å². The molecule has 1 saturated heterocycles. The van der Waals surface area contributed by atoms with E-state index in [2.05, 4.69) is 15.2 Å². The van der Waals surface area contributed by atoms with E-state index in [-0.39, 0.29) is 18.2 Å². The zero-order valence-electron chi connectivity index (χ0n) is 21.3. The fourth-order valence-electron chi connectivity index (χ4n) is 5.47. The second-order valence-electron chi connectivity index (χ2n) is 9.83. The highest BCUT2D eigenvalue weighted by molar-refractivity contribution is 6.34. The summed E-state index contributed by atoms with van der Waals surface area (Å²) in [5.74, 6) is 0.712. The second kappa shape index (κ2) is 9.45. The van der Waals surface area contributed by atoms with Gasteiger partial charge in [0.05, 0.1) is 41.6 Å². The molecule has 1 unspecified atom stereocenters. The monoisotopic (exact) mass is 529 g/mol. The number of ether oxygens (including phenoxy) is 1. The smallest absolute Gasteiger partial charge is 0.245 e. The molecule has 3 heterocycles. The minimum Gasteiger partial charge on any atom is -0.497 e. The number of H-pyrrole nitrogens is 1. The van der Waals surface area contributed by atoms with Crippen LogP contribution in [0.1, 0.15) is 28.7 Å². The van der Waals surface area contributed by atoms with Crippen molar-refractivity contribution in [2.45, 2.75) is 18.9 Å². The molecule has 0 aliphatic carbocycles. The molecule has 0 spiro atoms. The lowest BCUT2D eigenvalue weighted by Gasteiger charge is -2.42. The normalized spacial score (nSPS) is 19.7. The summed E-state index contributed by atoms with van der Waals surface area (Å²) in [5, 5.41) is 3.83. The van der Waals surface area contributed by atoms with Crippen LogP contribution >= 0.6 is 11.6 Å². The standard InChI is InChI=1S/C29H28ClN5O3/c1-29(18-7-9-20(38-2)10-8-18)27(36)26-23(34-13-11-31-12-14-34)15-19(30)16-24(26)35(28(29)37)17-25-32-21-5-3-4-6-22(21)33-25/h3-10,15-16,31H,11-14,17H2,1-2H3,(H,32,33). The highest BCUT2D eigenvalue weighted by Gasteiger charge is 2.52. The van der Waals surface area contributed by atoms with E-state index in [0.717, 1.165) is 42.9 Å². The van der Waals surface area contributed by atoms with Crippen LogP contribution in [0.15, 0.2) is 60.7 Å². The van der Waals surface area contributed by atoms with Crippen molar-refractivity contribution in [3.05, 3.63) is 82.6 Å². The van der Waals surface area contributed by atoms with Gasteiger partial charge in [0.1, 0.15) is 17.0 Å². The number of amides is 1. The van der Waals surface area contributed by atoms with Crippen molar-refractivity contribution in [2.24, 2.45) is 0 Å². The van der Waals surface area contributed by atoms with E-state index in [0.29, 0.717) is 33.4 Å². The average Bonchev–Trinajstić information content (AvgIpc) is 3.37. The molecule has 9 heteroatoms. The Kier molecular flexibility index (Phi) is 6.08. The number of nitrogens with zero attached hydrogens (tertiary/aromatic N) is 3. The molecule has 8 nitrogen and oxygen atoms in total. The molecule has 0 bridgehead atoms. The highest BCUT2D eigenvalue weighted by atomic mass is 35.5. The Balaban J connectivity index is 1.54. The number of Topliss-reactive ketones (excluding diaryl/α,β-unsaturated/α-hetero) is 1. The Labute approximate surface area is 225 Å². The lowest BCUT2D eigenvalue weighted by molar-refractivity contribution is -0.122. The number of methoxy groups -OCH3 is 1. The summed E-state index contributed by atoms with van der Waals surface area (Å²) in [4.78, 5) is 40.6. The quantitative estimate of drug-likeness (QED) is 0.374. The van der Waals surface area contributed by atoms with E-state index >= 15 is 0 Å². The maximum atomic E-state index is 14.4. The van der Waals surface area contributed by atoms with Gasteiger partial charge in [-0.15, -0.1) is 0 Å². The van der Waals surface area contributed by atoms with Gasteiger partial charge in [-0.05, 0) is 48.9 Å². The number of imidazole rings is 1. The predicted octanol–water partition coefficient (Wildman–Crippen LogP) is 4.32. The number of ketones is 1. The second-order valence-corrected chi connectivity index (χ2v) is 10.3. The number of halogens is 1. The van der Waals surface area contributed by atoms with Crippen LogP contribution in [0, 0.1) is 0 Å². The summed E-state index contributed by atoms with van der Waals surface area (Å²) in [6, 6.07) is 18.4. The van der Waals surface area contributed by atoms with E-state index < -0.39 is 5.41 Å². The lowest BCUT2D eigenvalue weighted by Crippen LogP contribution is -2.55. The highest BCUT2D eigenvalue weighted by Crippen LogP contribution is 2.46. The first-order valence-electron chi connectivity index (χ1n) is 12.6. The summed E-state index contributed by atoms with van der Waals surface area (Å²) in [6.07, 6.45) is 0. The molecule has 1 amide bonds. The Morgan fingerprint density at radius 2 is 1.74 bits per heavy atom. The summed E-state index contributed by atoms with van der Waals surface area (Å²) >= 11 is 6.62. The number of carbonyl (C=O) groups excluding carboxylic acids is 2. The van der Waals surface area contributed by atoms with Crippen molar-refractivity contribution in [3.8, 4) is 5.75 Å². The molecule has 0 saturated carbocycles. The third-order valence-electron chi connectivity index (χ3n) is 7.58. The number of aromatic amines is 1. The number of anilines is 2. The van der Waals surface area contributed by atoms with Crippen molar-refractivity contribution >= 4 is 45.7 Å². The summed E-state index contributed by atoms with van der Waals surface area (Å²) < 4.78 is 5.32. The summed E-state index contributed by atoms with van der Waals surface area (Å²) in [5.41, 5.74) is 2.62. The molecule has 38 heavy (non-hydrogen) atoms. The molecule has 3 aromatic carbocycles. The van der Waals surface area contributed by atoms with Crippen LogP contribution in [-0.4, -0.2) is 54.9 Å². The van der Waals surface area contributed by atoms with Gasteiger partial charge in [-0.3, -0.25) is 9.59 Å². The molecule has 1 fully saturated rings. The Morgan fingerprint density at radius 3 is 2.45 bits per heavy atom. The number of rotatable bonds is 5. The van der Waals surface area contributed by atoms with Gasteiger partial charge in [0.15, 0.2) is 5.78 Å². The molecule has 2 N–H and O–H groups in total.